The molecule has 0 aliphatic heterocycles. The van der Waals surface area contributed by atoms with Gasteiger partial charge in [-0.15, -0.1) is 0 Å². The van der Waals surface area contributed by atoms with Gasteiger partial charge in [-0.05, 0) is 37.8 Å². The van der Waals surface area contributed by atoms with Crippen LogP contribution in [0.5, 0.6) is 0 Å². The minimum Gasteiger partial charge on any atom is -0.383 e. The second kappa shape index (κ2) is 5.18. The first-order chi connectivity index (χ1) is 6.22. The first kappa shape index (κ1) is 10.5. The van der Waals surface area contributed by atoms with Gasteiger partial charge in [-0.25, -0.2) is 0 Å². The fraction of sp³-hybridized carbons (Fsp3) is 0.455. The van der Waals surface area contributed by atoms with Crippen molar-refractivity contribution < 1.29 is 0 Å². The molecule has 0 aliphatic rings. The minimum atomic E-state index is 0.504. The van der Waals surface area contributed by atoms with E-state index in [4.69, 9.17) is 0 Å². The third kappa shape index (κ3) is 3.73. The standard InChI is InChI=1S/C11H17NS/c1-9(2)12-11-6-4-5-10(7-11)8-13-3/h4-7,9,12H,8H2,1-3H3. The number of thioether (sulfide) groups is 1. The summed E-state index contributed by atoms with van der Waals surface area (Å²) in [4.78, 5) is 0. The van der Waals surface area contributed by atoms with Gasteiger partial charge in [0.1, 0.15) is 0 Å². The lowest BCUT2D eigenvalue weighted by Gasteiger charge is -2.10. The Balaban J connectivity index is 2.67. The highest BCUT2D eigenvalue weighted by Gasteiger charge is 1.96. The van der Waals surface area contributed by atoms with Crippen LogP contribution in [0.4, 0.5) is 5.69 Å². The van der Waals surface area contributed by atoms with Gasteiger partial charge < -0.3 is 5.32 Å². The predicted octanol–water partition coefficient (Wildman–Crippen LogP) is 3.37. The Kier molecular flexibility index (Phi) is 4.16. The molecule has 1 aromatic rings. The number of hydrogen-bond acceptors (Lipinski definition) is 2. The van der Waals surface area contributed by atoms with Crippen molar-refractivity contribution in [3.05, 3.63) is 29.8 Å². The Morgan fingerprint density at radius 3 is 2.77 bits per heavy atom. The Bertz CT molecular complexity index is 258. The summed E-state index contributed by atoms with van der Waals surface area (Å²) in [7, 11) is 0. The zero-order valence-electron chi connectivity index (χ0n) is 8.50. The second-order valence-corrected chi connectivity index (χ2v) is 4.30. The molecular weight excluding hydrogens is 178 g/mol. The van der Waals surface area contributed by atoms with Crippen LogP contribution in [-0.4, -0.2) is 12.3 Å². The molecule has 0 aliphatic carbocycles. The monoisotopic (exact) mass is 195 g/mol. The maximum Gasteiger partial charge on any atom is 0.0345 e. The molecule has 72 valence electrons. The molecule has 1 rings (SSSR count). The van der Waals surface area contributed by atoms with Gasteiger partial charge in [-0.3, -0.25) is 0 Å². The van der Waals surface area contributed by atoms with Crippen molar-refractivity contribution in [3.63, 3.8) is 0 Å². The fourth-order valence-corrected chi connectivity index (χ4v) is 1.76. The molecule has 1 N–H and O–H groups in total. The van der Waals surface area contributed by atoms with Crippen LogP contribution in [0.15, 0.2) is 24.3 Å². The first-order valence-corrected chi connectivity index (χ1v) is 5.96. The van der Waals surface area contributed by atoms with E-state index in [9.17, 15) is 0 Å². The largest absolute Gasteiger partial charge is 0.383 e. The smallest absolute Gasteiger partial charge is 0.0345 e. The van der Waals surface area contributed by atoms with Crippen LogP contribution < -0.4 is 5.32 Å². The Morgan fingerprint density at radius 1 is 1.38 bits per heavy atom. The van der Waals surface area contributed by atoms with E-state index >= 15 is 0 Å². The first-order valence-electron chi connectivity index (χ1n) is 4.57. The molecule has 13 heavy (non-hydrogen) atoms. The van der Waals surface area contributed by atoms with Crippen molar-refractivity contribution in [1.82, 2.24) is 0 Å². The number of nitrogens with one attached hydrogen (secondary N) is 1. The highest BCUT2D eigenvalue weighted by Crippen LogP contribution is 2.15. The van der Waals surface area contributed by atoms with Crippen molar-refractivity contribution in [2.75, 3.05) is 11.6 Å². The van der Waals surface area contributed by atoms with Crippen molar-refractivity contribution in [2.45, 2.75) is 25.6 Å². The molecule has 0 fully saturated rings. The molecule has 0 aromatic heterocycles. The Labute approximate surface area is 84.9 Å². The van der Waals surface area contributed by atoms with Gasteiger partial charge >= 0.3 is 0 Å². The van der Waals surface area contributed by atoms with E-state index in [1.807, 2.05) is 11.8 Å². The summed E-state index contributed by atoms with van der Waals surface area (Å²) >= 11 is 1.85. The average molecular weight is 195 g/mol. The third-order valence-corrected chi connectivity index (χ3v) is 2.32. The summed E-state index contributed by atoms with van der Waals surface area (Å²) < 4.78 is 0. The maximum atomic E-state index is 3.39. The molecule has 0 saturated heterocycles. The Morgan fingerprint density at radius 2 is 2.15 bits per heavy atom. The average Bonchev–Trinajstić information content (AvgIpc) is 2.04. The van der Waals surface area contributed by atoms with Gasteiger partial charge in [0.25, 0.3) is 0 Å². The number of benzene rings is 1. The summed E-state index contributed by atoms with van der Waals surface area (Å²) in [6.07, 6.45) is 2.13. The zero-order valence-corrected chi connectivity index (χ0v) is 9.32. The van der Waals surface area contributed by atoms with Gasteiger partial charge in [0, 0.05) is 17.5 Å². The SMILES string of the molecule is CSCc1cccc(NC(C)C)c1. The Hall–Kier alpha value is -0.630. The molecule has 0 amide bonds. The maximum absolute atomic E-state index is 3.39. The molecule has 0 unspecified atom stereocenters. The van der Waals surface area contributed by atoms with E-state index in [1.165, 1.54) is 11.3 Å². The van der Waals surface area contributed by atoms with E-state index in [1.54, 1.807) is 0 Å². The van der Waals surface area contributed by atoms with Crippen molar-refractivity contribution >= 4 is 17.4 Å². The van der Waals surface area contributed by atoms with E-state index < -0.39 is 0 Å². The molecule has 0 saturated carbocycles. The van der Waals surface area contributed by atoms with Crippen molar-refractivity contribution in [3.8, 4) is 0 Å². The van der Waals surface area contributed by atoms with Gasteiger partial charge in [0.2, 0.25) is 0 Å². The zero-order chi connectivity index (χ0) is 9.68. The topological polar surface area (TPSA) is 12.0 Å². The molecule has 0 atom stereocenters. The molecule has 2 heteroatoms. The van der Waals surface area contributed by atoms with Crippen molar-refractivity contribution in [1.29, 1.82) is 0 Å². The molecule has 1 nitrogen and oxygen atoms in total. The normalized spacial score (nSPS) is 10.5. The lowest BCUT2D eigenvalue weighted by molar-refractivity contribution is 0.899. The van der Waals surface area contributed by atoms with Crippen molar-refractivity contribution in [2.24, 2.45) is 0 Å². The van der Waals surface area contributed by atoms with Gasteiger partial charge in [0.15, 0.2) is 0 Å². The fourth-order valence-electron chi connectivity index (χ4n) is 1.25. The van der Waals surface area contributed by atoms with Gasteiger partial charge in [0.05, 0.1) is 0 Å². The number of rotatable bonds is 4. The number of hydrogen-bond donors (Lipinski definition) is 1. The molecule has 0 heterocycles. The summed E-state index contributed by atoms with van der Waals surface area (Å²) in [5.74, 6) is 1.09. The van der Waals surface area contributed by atoms with E-state index in [0.29, 0.717) is 6.04 Å². The third-order valence-electron chi connectivity index (χ3n) is 1.69. The summed E-state index contributed by atoms with van der Waals surface area (Å²) in [5.41, 5.74) is 2.61. The van der Waals surface area contributed by atoms with Crippen LogP contribution in [-0.2, 0) is 5.75 Å². The van der Waals surface area contributed by atoms with E-state index in [0.717, 1.165) is 5.75 Å². The highest BCUT2D eigenvalue weighted by atomic mass is 32.2. The summed E-state index contributed by atoms with van der Waals surface area (Å²) in [6.45, 7) is 4.31. The molecular formula is C11H17NS. The summed E-state index contributed by atoms with van der Waals surface area (Å²) in [5, 5.41) is 3.39. The highest BCUT2D eigenvalue weighted by molar-refractivity contribution is 7.97. The summed E-state index contributed by atoms with van der Waals surface area (Å²) in [6, 6.07) is 9.11. The van der Waals surface area contributed by atoms with E-state index in [-0.39, 0.29) is 0 Å². The van der Waals surface area contributed by atoms with Gasteiger partial charge in [-0.1, -0.05) is 12.1 Å². The lowest BCUT2D eigenvalue weighted by atomic mass is 10.2. The number of anilines is 1. The van der Waals surface area contributed by atoms with Crippen LogP contribution >= 0.6 is 11.8 Å². The lowest BCUT2D eigenvalue weighted by Crippen LogP contribution is -2.09. The van der Waals surface area contributed by atoms with Crippen LogP contribution in [0, 0.1) is 0 Å². The van der Waals surface area contributed by atoms with E-state index in [2.05, 4.69) is 49.7 Å². The van der Waals surface area contributed by atoms with Crippen LogP contribution in [0.25, 0.3) is 0 Å². The molecule has 1 aromatic carbocycles. The van der Waals surface area contributed by atoms with Crippen LogP contribution in [0.2, 0.25) is 0 Å². The predicted molar refractivity (Wildman–Crippen MR) is 62.4 cm³/mol. The van der Waals surface area contributed by atoms with Gasteiger partial charge in [-0.2, -0.15) is 11.8 Å². The quantitative estimate of drug-likeness (QED) is 0.790. The molecule has 0 spiro atoms. The molecule has 0 bridgehead atoms. The van der Waals surface area contributed by atoms with Crippen LogP contribution in [0.1, 0.15) is 19.4 Å². The molecule has 0 radical (unpaired) electrons. The van der Waals surface area contributed by atoms with Crippen LogP contribution in [0.3, 0.4) is 0 Å². The second-order valence-electron chi connectivity index (χ2n) is 3.43. The minimum absolute atomic E-state index is 0.504.